The van der Waals surface area contributed by atoms with Gasteiger partial charge in [-0.25, -0.2) is 9.97 Å². The number of carbonyl (C=O) groups is 2. The van der Waals surface area contributed by atoms with E-state index in [-0.39, 0.29) is 36.5 Å². The molecule has 56 heavy (non-hydrogen) atoms. The van der Waals surface area contributed by atoms with Gasteiger partial charge in [0.25, 0.3) is 5.91 Å². The van der Waals surface area contributed by atoms with E-state index in [9.17, 15) is 14.7 Å². The third kappa shape index (κ3) is 7.42. The van der Waals surface area contributed by atoms with Gasteiger partial charge in [-0.2, -0.15) is 0 Å². The number of nitrogens with zero attached hydrogens (tertiary/aromatic N) is 5. The first-order chi connectivity index (χ1) is 27.4. The van der Waals surface area contributed by atoms with Crippen molar-refractivity contribution in [2.75, 3.05) is 26.2 Å². The molecule has 0 unspecified atom stereocenters. The van der Waals surface area contributed by atoms with Gasteiger partial charge in [-0.05, 0) is 84.3 Å². The summed E-state index contributed by atoms with van der Waals surface area (Å²) in [7, 11) is 0. The first-order valence-electron chi connectivity index (χ1n) is 19.9. The SMILES string of the molecule is CCN(CC)[C@@H](C(=O)N1CCC[C@H]1c1ncc(-c2ccc(-c3ccc(-c4cnc([C@@H]5CCCN5C(=O)c5ccc(CO)cc5)[nH]4)cc3)cc2)[nH]1)c1ccccc1. The lowest BCUT2D eigenvalue weighted by atomic mass is 10.0. The number of aromatic nitrogens is 4. The Morgan fingerprint density at radius 1 is 0.696 bits per heavy atom. The van der Waals surface area contributed by atoms with E-state index in [0.29, 0.717) is 12.1 Å². The molecule has 10 heteroatoms. The molecular formula is C46H49N7O3. The number of aliphatic hydroxyl groups excluding tert-OH is 1. The lowest BCUT2D eigenvalue weighted by Crippen LogP contribution is -2.43. The average molecular weight is 748 g/mol. The molecule has 3 N–H and O–H groups in total. The number of likely N-dealkylation sites (tertiary alicyclic amines) is 2. The lowest BCUT2D eigenvalue weighted by Gasteiger charge is -2.34. The van der Waals surface area contributed by atoms with Crippen LogP contribution >= 0.6 is 0 Å². The van der Waals surface area contributed by atoms with Gasteiger partial charge in [0.05, 0.1) is 42.5 Å². The maximum absolute atomic E-state index is 14.2. The Morgan fingerprint density at radius 2 is 1.20 bits per heavy atom. The van der Waals surface area contributed by atoms with Crippen LogP contribution in [0.15, 0.2) is 116 Å². The van der Waals surface area contributed by atoms with Gasteiger partial charge in [0.2, 0.25) is 5.91 Å². The minimum Gasteiger partial charge on any atom is -0.392 e. The molecule has 2 saturated heterocycles. The second-order valence-corrected chi connectivity index (χ2v) is 14.8. The van der Waals surface area contributed by atoms with Crippen LogP contribution in [0.25, 0.3) is 33.6 Å². The lowest BCUT2D eigenvalue weighted by molar-refractivity contribution is -0.138. The van der Waals surface area contributed by atoms with Crippen molar-refractivity contribution in [2.24, 2.45) is 0 Å². The zero-order valence-electron chi connectivity index (χ0n) is 32.1. The van der Waals surface area contributed by atoms with Crippen LogP contribution in [-0.4, -0.2) is 77.7 Å². The van der Waals surface area contributed by atoms with Gasteiger partial charge < -0.3 is 24.9 Å². The van der Waals surface area contributed by atoms with Crippen LogP contribution in [0.4, 0.5) is 0 Å². The normalized spacial score (nSPS) is 17.5. The molecule has 2 aliphatic rings. The highest BCUT2D eigenvalue weighted by molar-refractivity contribution is 5.94. The van der Waals surface area contributed by atoms with E-state index >= 15 is 0 Å². The molecule has 286 valence electrons. The Bertz CT molecular complexity index is 2240. The maximum atomic E-state index is 14.2. The molecule has 4 aromatic carbocycles. The first-order valence-corrected chi connectivity index (χ1v) is 19.9. The van der Waals surface area contributed by atoms with Gasteiger partial charge in [0.15, 0.2) is 0 Å². The summed E-state index contributed by atoms with van der Waals surface area (Å²) >= 11 is 0. The number of nitrogens with one attached hydrogen (secondary N) is 2. The van der Waals surface area contributed by atoms with Crippen molar-refractivity contribution in [2.45, 2.75) is 64.3 Å². The summed E-state index contributed by atoms with van der Waals surface area (Å²) < 4.78 is 0. The van der Waals surface area contributed by atoms with E-state index in [2.05, 4.69) is 89.4 Å². The number of benzene rings is 4. The summed E-state index contributed by atoms with van der Waals surface area (Å²) in [5.74, 6) is 1.75. The first kappa shape index (κ1) is 37.1. The molecule has 6 aromatic rings. The van der Waals surface area contributed by atoms with Gasteiger partial charge in [0, 0.05) is 18.7 Å². The molecule has 0 spiro atoms. The molecule has 4 heterocycles. The number of likely N-dealkylation sites (N-methyl/N-ethyl adjacent to an activating group) is 1. The molecule has 0 aliphatic carbocycles. The minimum atomic E-state index is -0.316. The van der Waals surface area contributed by atoms with Crippen LogP contribution in [-0.2, 0) is 11.4 Å². The Hall–Kier alpha value is -5.84. The highest BCUT2D eigenvalue weighted by Crippen LogP contribution is 2.37. The topological polar surface area (TPSA) is 121 Å². The average Bonchev–Trinajstić information content (AvgIpc) is 4.10. The largest absolute Gasteiger partial charge is 0.392 e. The zero-order valence-corrected chi connectivity index (χ0v) is 32.1. The molecule has 8 rings (SSSR count). The number of aliphatic hydroxyl groups is 1. The Morgan fingerprint density at radius 3 is 1.71 bits per heavy atom. The van der Waals surface area contributed by atoms with Gasteiger partial charge in [-0.15, -0.1) is 0 Å². The van der Waals surface area contributed by atoms with Gasteiger partial charge in [-0.3, -0.25) is 14.5 Å². The van der Waals surface area contributed by atoms with Crippen molar-refractivity contribution in [1.82, 2.24) is 34.6 Å². The summed E-state index contributed by atoms with van der Waals surface area (Å²) in [5.41, 5.74) is 8.55. The fourth-order valence-electron chi connectivity index (χ4n) is 8.41. The second-order valence-electron chi connectivity index (χ2n) is 14.8. The predicted octanol–water partition coefficient (Wildman–Crippen LogP) is 8.35. The number of carbonyl (C=O) groups excluding carboxylic acids is 2. The molecule has 2 aliphatic heterocycles. The zero-order chi connectivity index (χ0) is 38.6. The van der Waals surface area contributed by atoms with Crippen LogP contribution in [0.3, 0.4) is 0 Å². The van der Waals surface area contributed by atoms with Crippen LogP contribution < -0.4 is 0 Å². The molecular weight excluding hydrogens is 699 g/mol. The Balaban J connectivity index is 0.930. The minimum absolute atomic E-state index is 0.0196. The molecule has 0 radical (unpaired) electrons. The highest BCUT2D eigenvalue weighted by atomic mass is 16.3. The van der Waals surface area contributed by atoms with Crippen molar-refractivity contribution in [1.29, 1.82) is 0 Å². The summed E-state index contributed by atoms with van der Waals surface area (Å²) in [6.45, 7) is 7.18. The molecule has 2 amide bonds. The number of hydrogen-bond acceptors (Lipinski definition) is 6. The highest BCUT2D eigenvalue weighted by Gasteiger charge is 2.38. The molecule has 2 aromatic heterocycles. The van der Waals surface area contributed by atoms with Gasteiger partial charge >= 0.3 is 0 Å². The number of H-pyrrole nitrogens is 2. The van der Waals surface area contributed by atoms with E-state index in [1.807, 2.05) is 40.4 Å². The van der Waals surface area contributed by atoms with Crippen LogP contribution in [0.2, 0.25) is 0 Å². The quantitative estimate of drug-likeness (QED) is 0.116. The van der Waals surface area contributed by atoms with E-state index in [0.717, 1.165) is 102 Å². The number of hydrogen-bond donors (Lipinski definition) is 3. The third-order valence-corrected chi connectivity index (χ3v) is 11.5. The maximum Gasteiger partial charge on any atom is 0.254 e. The van der Waals surface area contributed by atoms with E-state index in [4.69, 9.17) is 9.97 Å². The predicted molar refractivity (Wildman–Crippen MR) is 218 cm³/mol. The summed E-state index contributed by atoms with van der Waals surface area (Å²) in [6, 6.07) is 33.7. The summed E-state index contributed by atoms with van der Waals surface area (Å²) in [5, 5.41) is 9.37. The number of aromatic amines is 2. The number of rotatable bonds is 12. The number of imidazole rings is 2. The molecule has 10 nitrogen and oxygen atoms in total. The standard InChI is InChI=1S/C46H49N7O3/c1-3-51(4-2)42(36-10-6-5-7-11-36)46(56)53-27-9-13-41(53)44-48-29-39(50-44)35-24-20-33(21-25-35)32-18-22-34(23-19-32)38-28-47-43(49-38)40-12-8-26-52(40)45(55)37-16-14-31(30-54)15-17-37/h5-7,10-11,14-25,28-29,40-42,54H,3-4,8-9,12-13,26-27,30H2,1-2H3,(H,47,49)(H,48,50)/t40-,41-,42+/m0/s1. The van der Waals surface area contributed by atoms with E-state index < -0.39 is 0 Å². The second kappa shape index (κ2) is 16.5. The van der Waals surface area contributed by atoms with Crippen molar-refractivity contribution in [3.8, 4) is 33.6 Å². The van der Waals surface area contributed by atoms with Crippen molar-refractivity contribution < 1.29 is 14.7 Å². The van der Waals surface area contributed by atoms with Gasteiger partial charge in [-0.1, -0.05) is 105 Å². The van der Waals surface area contributed by atoms with Crippen molar-refractivity contribution >= 4 is 11.8 Å². The molecule has 3 atom stereocenters. The summed E-state index contributed by atoms with van der Waals surface area (Å²) in [6.07, 6.45) is 7.34. The smallest absolute Gasteiger partial charge is 0.254 e. The van der Waals surface area contributed by atoms with Crippen molar-refractivity contribution in [3.05, 3.63) is 144 Å². The van der Waals surface area contributed by atoms with Crippen LogP contribution in [0.5, 0.6) is 0 Å². The Labute approximate surface area is 328 Å². The van der Waals surface area contributed by atoms with Crippen LogP contribution in [0.1, 0.15) is 90.8 Å². The summed E-state index contributed by atoms with van der Waals surface area (Å²) in [4.78, 5) is 50.3. The molecule has 0 bridgehead atoms. The third-order valence-electron chi connectivity index (χ3n) is 11.5. The molecule has 2 fully saturated rings. The Kier molecular flexibility index (Phi) is 10.9. The van der Waals surface area contributed by atoms with E-state index in [1.54, 1.807) is 24.3 Å². The van der Waals surface area contributed by atoms with Crippen LogP contribution in [0, 0.1) is 0 Å². The van der Waals surface area contributed by atoms with Gasteiger partial charge in [0.1, 0.15) is 17.7 Å². The monoisotopic (exact) mass is 747 g/mol. The molecule has 0 saturated carbocycles. The van der Waals surface area contributed by atoms with E-state index in [1.165, 1.54) is 0 Å². The van der Waals surface area contributed by atoms with Crippen molar-refractivity contribution in [3.63, 3.8) is 0 Å². The number of amides is 2. The fraction of sp³-hybridized carbons (Fsp3) is 0.304. The fourth-order valence-corrected chi connectivity index (χ4v) is 8.41.